The molecule has 0 radical (unpaired) electrons. The van der Waals surface area contributed by atoms with Gasteiger partial charge in [-0.25, -0.2) is 0 Å². The molecule has 0 saturated carbocycles. The molecule has 0 aromatic heterocycles. The lowest BCUT2D eigenvalue weighted by molar-refractivity contribution is -0.133. The number of carbonyl (C=O) groups excluding carboxylic acids is 1. The zero-order chi connectivity index (χ0) is 17.5. The number of aryl methyl sites for hydroxylation is 1. The van der Waals surface area contributed by atoms with Crippen LogP contribution in [0.25, 0.3) is 6.08 Å². The quantitative estimate of drug-likeness (QED) is 0.823. The molecule has 2 aliphatic rings. The number of carbonyl (C=O) groups is 1. The van der Waals surface area contributed by atoms with Gasteiger partial charge in [0.05, 0.1) is 6.54 Å². The van der Waals surface area contributed by atoms with Crippen LogP contribution in [-0.4, -0.2) is 48.4 Å². The molecule has 2 heterocycles. The molecule has 2 fully saturated rings. The van der Waals surface area contributed by atoms with Gasteiger partial charge in [-0.15, -0.1) is 0 Å². The highest BCUT2D eigenvalue weighted by Crippen LogP contribution is 2.20. The predicted molar refractivity (Wildman–Crippen MR) is 104 cm³/mol. The van der Waals surface area contributed by atoms with E-state index in [1.165, 1.54) is 36.8 Å². The summed E-state index contributed by atoms with van der Waals surface area (Å²) >= 11 is 0. The van der Waals surface area contributed by atoms with Crippen molar-refractivity contribution in [3.8, 4) is 0 Å². The van der Waals surface area contributed by atoms with Crippen LogP contribution in [-0.2, 0) is 4.79 Å². The second kappa shape index (κ2) is 9.19. The number of allylic oxidation sites excluding steroid dienone is 1. The Bertz CT molecular complexity index is 579. The normalized spacial score (nSPS) is 20.8. The van der Waals surface area contributed by atoms with Crippen molar-refractivity contribution in [3.05, 3.63) is 41.5 Å². The molecule has 0 unspecified atom stereocenters. The van der Waals surface area contributed by atoms with Crippen LogP contribution in [0.2, 0.25) is 0 Å². The molecule has 0 atom stereocenters. The first-order chi connectivity index (χ1) is 12.2. The van der Waals surface area contributed by atoms with Gasteiger partial charge in [0.15, 0.2) is 0 Å². The molecule has 3 rings (SSSR count). The Balaban J connectivity index is 1.44. The van der Waals surface area contributed by atoms with Gasteiger partial charge in [0, 0.05) is 13.1 Å². The number of rotatable bonds is 4. The Labute approximate surface area is 152 Å². The first-order valence-electron chi connectivity index (χ1n) is 9.96. The first kappa shape index (κ1) is 18.2. The highest BCUT2D eigenvalue weighted by Gasteiger charge is 2.23. The number of hydrogen-bond donors (Lipinski definition) is 0. The molecule has 1 aromatic carbocycles. The van der Waals surface area contributed by atoms with Crippen molar-refractivity contribution in [1.82, 2.24) is 9.80 Å². The van der Waals surface area contributed by atoms with Crippen molar-refractivity contribution < 1.29 is 4.79 Å². The number of likely N-dealkylation sites (tertiary alicyclic amines) is 2. The highest BCUT2D eigenvalue weighted by molar-refractivity contribution is 5.78. The average Bonchev–Trinajstić information content (AvgIpc) is 2.89. The van der Waals surface area contributed by atoms with Crippen molar-refractivity contribution in [3.63, 3.8) is 0 Å². The zero-order valence-corrected chi connectivity index (χ0v) is 15.6. The highest BCUT2D eigenvalue weighted by atomic mass is 16.2. The van der Waals surface area contributed by atoms with Crippen LogP contribution in [0.3, 0.4) is 0 Å². The molecule has 0 bridgehead atoms. The van der Waals surface area contributed by atoms with E-state index < -0.39 is 0 Å². The molecule has 0 spiro atoms. The third-order valence-corrected chi connectivity index (χ3v) is 5.55. The fourth-order valence-electron chi connectivity index (χ4n) is 3.95. The SMILES string of the molecule is Cc1cccc(/C=C/C2CCN(C(=O)CN3CCCCCC3)CC2)c1. The number of amides is 1. The molecular formula is C22H32N2O. The van der Waals surface area contributed by atoms with Crippen molar-refractivity contribution in [2.75, 3.05) is 32.7 Å². The van der Waals surface area contributed by atoms with Crippen LogP contribution < -0.4 is 0 Å². The Hall–Kier alpha value is -1.61. The van der Waals surface area contributed by atoms with E-state index in [1.54, 1.807) is 0 Å². The largest absolute Gasteiger partial charge is 0.342 e. The smallest absolute Gasteiger partial charge is 0.236 e. The maximum atomic E-state index is 12.6. The van der Waals surface area contributed by atoms with E-state index in [0.717, 1.165) is 39.0 Å². The Morgan fingerprint density at radius 2 is 1.80 bits per heavy atom. The summed E-state index contributed by atoms with van der Waals surface area (Å²) in [4.78, 5) is 17.0. The number of nitrogens with zero attached hydrogens (tertiary/aromatic N) is 2. The molecular weight excluding hydrogens is 308 g/mol. The number of piperidine rings is 1. The second-order valence-corrected chi connectivity index (χ2v) is 7.68. The minimum atomic E-state index is 0.336. The summed E-state index contributed by atoms with van der Waals surface area (Å²) in [6.45, 7) is 6.78. The van der Waals surface area contributed by atoms with Gasteiger partial charge in [-0.05, 0) is 57.2 Å². The van der Waals surface area contributed by atoms with E-state index in [4.69, 9.17) is 0 Å². The minimum Gasteiger partial charge on any atom is -0.342 e. The van der Waals surface area contributed by atoms with Crippen LogP contribution in [0.15, 0.2) is 30.3 Å². The summed E-state index contributed by atoms with van der Waals surface area (Å²) in [5.41, 5.74) is 2.58. The molecule has 2 aliphatic heterocycles. The molecule has 3 nitrogen and oxygen atoms in total. The lowest BCUT2D eigenvalue weighted by Gasteiger charge is -2.32. The molecule has 1 amide bonds. The molecule has 0 N–H and O–H groups in total. The van der Waals surface area contributed by atoms with E-state index in [0.29, 0.717) is 18.4 Å². The van der Waals surface area contributed by atoms with Crippen LogP contribution in [0.4, 0.5) is 0 Å². The van der Waals surface area contributed by atoms with Crippen LogP contribution in [0.1, 0.15) is 49.7 Å². The van der Waals surface area contributed by atoms with E-state index >= 15 is 0 Å². The maximum absolute atomic E-state index is 12.6. The Morgan fingerprint density at radius 1 is 1.08 bits per heavy atom. The zero-order valence-electron chi connectivity index (χ0n) is 15.6. The Kier molecular flexibility index (Phi) is 6.69. The number of benzene rings is 1. The van der Waals surface area contributed by atoms with Gasteiger partial charge >= 0.3 is 0 Å². The van der Waals surface area contributed by atoms with Gasteiger partial charge < -0.3 is 4.90 Å². The maximum Gasteiger partial charge on any atom is 0.236 e. The van der Waals surface area contributed by atoms with Gasteiger partial charge in [-0.3, -0.25) is 9.69 Å². The van der Waals surface area contributed by atoms with Gasteiger partial charge in [-0.2, -0.15) is 0 Å². The molecule has 1 aromatic rings. The van der Waals surface area contributed by atoms with Gasteiger partial charge in [0.2, 0.25) is 5.91 Å². The lowest BCUT2D eigenvalue weighted by atomic mass is 9.95. The average molecular weight is 341 g/mol. The van der Waals surface area contributed by atoms with E-state index in [9.17, 15) is 4.79 Å². The molecule has 3 heteroatoms. The summed E-state index contributed by atoms with van der Waals surface area (Å²) in [6.07, 6.45) is 11.9. The summed E-state index contributed by atoms with van der Waals surface area (Å²) in [6, 6.07) is 8.62. The third kappa shape index (κ3) is 5.71. The fraction of sp³-hybridized carbons (Fsp3) is 0.591. The molecule has 25 heavy (non-hydrogen) atoms. The van der Waals surface area contributed by atoms with Crippen LogP contribution in [0, 0.1) is 12.8 Å². The Morgan fingerprint density at radius 3 is 2.48 bits per heavy atom. The first-order valence-corrected chi connectivity index (χ1v) is 9.96. The van der Waals surface area contributed by atoms with Crippen molar-refractivity contribution in [2.45, 2.75) is 45.4 Å². The van der Waals surface area contributed by atoms with E-state index in [1.807, 2.05) is 0 Å². The summed E-state index contributed by atoms with van der Waals surface area (Å²) in [5.74, 6) is 0.936. The third-order valence-electron chi connectivity index (χ3n) is 5.55. The predicted octanol–water partition coefficient (Wildman–Crippen LogP) is 4.12. The van der Waals surface area contributed by atoms with E-state index in [-0.39, 0.29) is 0 Å². The van der Waals surface area contributed by atoms with Crippen molar-refractivity contribution in [2.24, 2.45) is 5.92 Å². The fourth-order valence-corrected chi connectivity index (χ4v) is 3.95. The van der Waals surface area contributed by atoms with Gasteiger partial charge in [0.25, 0.3) is 0 Å². The summed E-state index contributed by atoms with van der Waals surface area (Å²) < 4.78 is 0. The monoisotopic (exact) mass is 340 g/mol. The second-order valence-electron chi connectivity index (χ2n) is 7.68. The van der Waals surface area contributed by atoms with Crippen LogP contribution >= 0.6 is 0 Å². The van der Waals surface area contributed by atoms with E-state index in [2.05, 4.69) is 53.1 Å². The van der Waals surface area contributed by atoms with Gasteiger partial charge in [0.1, 0.15) is 0 Å². The van der Waals surface area contributed by atoms with Gasteiger partial charge in [-0.1, -0.05) is 54.8 Å². The van der Waals surface area contributed by atoms with Crippen molar-refractivity contribution >= 4 is 12.0 Å². The minimum absolute atomic E-state index is 0.336. The van der Waals surface area contributed by atoms with Crippen LogP contribution in [0.5, 0.6) is 0 Å². The topological polar surface area (TPSA) is 23.6 Å². The molecule has 2 saturated heterocycles. The molecule has 0 aliphatic carbocycles. The van der Waals surface area contributed by atoms with Crippen molar-refractivity contribution in [1.29, 1.82) is 0 Å². The summed E-state index contributed by atoms with van der Waals surface area (Å²) in [5, 5.41) is 0. The number of hydrogen-bond acceptors (Lipinski definition) is 2. The standard InChI is InChI=1S/C22H32N2O/c1-19-7-6-8-21(17-19)10-9-20-11-15-24(16-12-20)22(25)18-23-13-4-2-3-5-14-23/h6-10,17,20H,2-5,11-16,18H2,1H3/b10-9+. The molecule has 136 valence electrons. The summed E-state index contributed by atoms with van der Waals surface area (Å²) in [7, 11) is 0. The lowest BCUT2D eigenvalue weighted by Crippen LogP contribution is -2.44.